The van der Waals surface area contributed by atoms with Gasteiger partial charge in [-0.2, -0.15) is 0 Å². The molecule has 1 saturated heterocycles. The smallest absolute Gasteiger partial charge is 0.0548 e. The lowest BCUT2D eigenvalue weighted by Gasteiger charge is -2.53. The molecule has 0 aromatic heterocycles. The van der Waals surface area contributed by atoms with Crippen LogP contribution in [0.3, 0.4) is 0 Å². The Hall–Kier alpha value is -1.76. The molecule has 0 amide bonds. The normalized spacial score (nSPS) is 26.2. The molecule has 1 heteroatoms. The molecule has 2 aromatic rings. The van der Waals surface area contributed by atoms with Gasteiger partial charge in [-0.05, 0) is 74.4 Å². The highest BCUT2D eigenvalue weighted by atomic mass is 15.2. The van der Waals surface area contributed by atoms with Crippen LogP contribution in [-0.2, 0) is 0 Å². The number of rotatable bonds is 1. The number of fused-ring (bicyclic) bond motifs is 2. The fourth-order valence-electron chi connectivity index (χ4n) is 4.74. The van der Waals surface area contributed by atoms with E-state index in [2.05, 4.69) is 69.0 Å². The summed E-state index contributed by atoms with van der Waals surface area (Å²) < 4.78 is 0. The van der Waals surface area contributed by atoms with Crippen LogP contribution in [0.1, 0.15) is 59.5 Å². The average Bonchev–Trinajstić information content (AvgIpc) is 2.52. The van der Waals surface area contributed by atoms with E-state index in [1.54, 1.807) is 11.1 Å². The minimum Gasteiger partial charge on any atom is -0.361 e. The van der Waals surface area contributed by atoms with E-state index in [4.69, 9.17) is 0 Å². The van der Waals surface area contributed by atoms with Crippen molar-refractivity contribution in [3.05, 3.63) is 64.2 Å². The van der Waals surface area contributed by atoms with Crippen molar-refractivity contribution in [3.8, 4) is 0 Å². The van der Waals surface area contributed by atoms with Gasteiger partial charge in [0.1, 0.15) is 0 Å². The predicted molar refractivity (Wildman–Crippen MR) is 93.8 cm³/mol. The summed E-state index contributed by atoms with van der Waals surface area (Å²) in [5, 5.41) is 0. The van der Waals surface area contributed by atoms with Gasteiger partial charge in [-0.25, -0.2) is 0 Å². The van der Waals surface area contributed by atoms with Crippen LogP contribution in [0.25, 0.3) is 0 Å². The second kappa shape index (κ2) is 4.87. The van der Waals surface area contributed by atoms with Crippen molar-refractivity contribution in [2.45, 2.75) is 58.5 Å². The topological polar surface area (TPSA) is 3.24 Å². The van der Waals surface area contributed by atoms with E-state index in [-0.39, 0.29) is 0 Å². The predicted octanol–water partition coefficient (Wildman–Crippen LogP) is 5.44. The molecule has 0 saturated carbocycles. The van der Waals surface area contributed by atoms with Gasteiger partial charge in [0, 0.05) is 17.6 Å². The van der Waals surface area contributed by atoms with Crippen molar-refractivity contribution in [2.24, 2.45) is 0 Å². The summed E-state index contributed by atoms with van der Waals surface area (Å²) in [6.07, 6.45) is 2.63. The number of piperidine rings is 1. The van der Waals surface area contributed by atoms with Gasteiger partial charge in [0.2, 0.25) is 0 Å². The van der Waals surface area contributed by atoms with E-state index in [0.29, 0.717) is 18.0 Å². The zero-order valence-electron chi connectivity index (χ0n) is 14.1. The van der Waals surface area contributed by atoms with Gasteiger partial charge in [0.05, 0.1) is 6.04 Å². The summed E-state index contributed by atoms with van der Waals surface area (Å²) in [4.78, 5) is 2.71. The largest absolute Gasteiger partial charge is 0.361 e. The first-order valence-electron chi connectivity index (χ1n) is 8.53. The fraction of sp³-hybridized carbons (Fsp3) is 0.429. The maximum Gasteiger partial charge on any atom is 0.0548 e. The first-order chi connectivity index (χ1) is 10.6. The maximum absolute atomic E-state index is 2.71. The first kappa shape index (κ1) is 13.9. The van der Waals surface area contributed by atoms with Crippen molar-refractivity contribution in [3.63, 3.8) is 0 Å². The molecule has 2 aromatic carbocycles. The Kier molecular flexibility index (Phi) is 3.07. The van der Waals surface area contributed by atoms with Crippen molar-refractivity contribution in [1.82, 2.24) is 0 Å². The summed E-state index contributed by atoms with van der Waals surface area (Å²) in [6, 6.07) is 15.0. The highest BCUT2D eigenvalue weighted by Crippen LogP contribution is 2.52. The van der Waals surface area contributed by atoms with Crippen LogP contribution < -0.4 is 4.90 Å². The quantitative estimate of drug-likeness (QED) is 0.676. The van der Waals surface area contributed by atoms with Crippen molar-refractivity contribution in [1.29, 1.82) is 0 Å². The van der Waals surface area contributed by atoms with Crippen molar-refractivity contribution in [2.75, 3.05) is 4.90 Å². The van der Waals surface area contributed by atoms with E-state index in [9.17, 15) is 0 Å². The summed E-state index contributed by atoms with van der Waals surface area (Å²) in [6.45, 7) is 9.16. The lowest BCUT2D eigenvalue weighted by atomic mass is 9.70. The molecule has 3 atom stereocenters. The summed E-state index contributed by atoms with van der Waals surface area (Å²) in [7, 11) is 0. The van der Waals surface area contributed by atoms with Gasteiger partial charge in [-0.1, -0.05) is 30.3 Å². The van der Waals surface area contributed by atoms with E-state index in [1.807, 2.05) is 0 Å². The van der Waals surface area contributed by atoms with Crippen molar-refractivity contribution < 1.29 is 0 Å². The van der Waals surface area contributed by atoms with E-state index < -0.39 is 0 Å². The average molecular weight is 291 g/mol. The molecule has 0 radical (unpaired) electrons. The van der Waals surface area contributed by atoms with Crippen LogP contribution in [0.2, 0.25) is 0 Å². The molecule has 5 rings (SSSR count). The monoisotopic (exact) mass is 291 g/mol. The van der Waals surface area contributed by atoms with Gasteiger partial charge in [0.15, 0.2) is 0 Å². The molecule has 2 heterocycles. The molecular formula is C21H25N. The lowest BCUT2D eigenvalue weighted by molar-refractivity contribution is 0.324. The standard InChI is InChI=1S/C21H25N/c1-13-11-14(2)15(3)21(12-13)22-16(4)17-9-10-20(22)19-8-6-5-7-18(17)19/h5-8,11-12,16-17,20H,9-10H2,1-4H3. The SMILES string of the molecule is Cc1cc(C)c(C)c(N2C3CCC(c4ccccc43)C2C)c1. The second-order valence-electron chi connectivity index (χ2n) is 7.20. The highest BCUT2D eigenvalue weighted by molar-refractivity contribution is 5.63. The molecule has 1 fully saturated rings. The maximum atomic E-state index is 2.71. The van der Waals surface area contributed by atoms with Gasteiger partial charge >= 0.3 is 0 Å². The van der Waals surface area contributed by atoms with Crippen molar-refractivity contribution >= 4 is 5.69 Å². The van der Waals surface area contributed by atoms with Gasteiger partial charge in [-0.15, -0.1) is 0 Å². The Morgan fingerprint density at radius 1 is 0.955 bits per heavy atom. The van der Waals surface area contributed by atoms with Gasteiger partial charge < -0.3 is 4.90 Å². The minimum absolute atomic E-state index is 0.552. The first-order valence-corrected chi connectivity index (χ1v) is 8.53. The van der Waals surface area contributed by atoms with Crippen LogP contribution in [-0.4, -0.2) is 6.04 Å². The van der Waals surface area contributed by atoms with E-state index >= 15 is 0 Å². The number of aryl methyl sites for hydroxylation is 2. The Morgan fingerprint density at radius 3 is 2.45 bits per heavy atom. The Bertz CT molecular complexity index is 731. The number of nitrogens with zero attached hydrogens (tertiary/aromatic N) is 1. The van der Waals surface area contributed by atoms with Crippen LogP contribution in [0.5, 0.6) is 0 Å². The molecule has 0 N–H and O–H groups in total. The Labute approximate surface area is 134 Å². The molecule has 114 valence electrons. The van der Waals surface area contributed by atoms with Gasteiger partial charge in [0.25, 0.3) is 0 Å². The Morgan fingerprint density at radius 2 is 1.68 bits per heavy atom. The third-order valence-electron chi connectivity index (χ3n) is 5.92. The molecule has 0 spiro atoms. The van der Waals surface area contributed by atoms with Gasteiger partial charge in [-0.3, -0.25) is 0 Å². The molecule has 2 aliphatic heterocycles. The van der Waals surface area contributed by atoms with Crippen LogP contribution >= 0.6 is 0 Å². The molecule has 1 nitrogen and oxygen atoms in total. The second-order valence-corrected chi connectivity index (χ2v) is 7.20. The third kappa shape index (κ3) is 1.84. The zero-order chi connectivity index (χ0) is 15.4. The lowest BCUT2D eigenvalue weighted by Crippen LogP contribution is -2.49. The Balaban J connectivity index is 1.88. The third-order valence-corrected chi connectivity index (χ3v) is 5.92. The molecule has 3 unspecified atom stereocenters. The molecule has 1 aliphatic carbocycles. The van der Waals surface area contributed by atoms with E-state index in [0.717, 1.165) is 0 Å². The minimum atomic E-state index is 0.552. The number of hydrogen-bond donors (Lipinski definition) is 0. The van der Waals surface area contributed by atoms with E-state index in [1.165, 1.54) is 35.2 Å². The van der Waals surface area contributed by atoms with Crippen LogP contribution in [0.4, 0.5) is 5.69 Å². The van der Waals surface area contributed by atoms with Crippen LogP contribution in [0.15, 0.2) is 36.4 Å². The fourth-order valence-corrected chi connectivity index (χ4v) is 4.74. The number of hydrogen-bond acceptors (Lipinski definition) is 1. The summed E-state index contributed by atoms with van der Waals surface area (Å²) in [5.74, 6) is 0.682. The zero-order valence-corrected chi connectivity index (χ0v) is 14.1. The molecule has 3 aliphatic rings. The van der Waals surface area contributed by atoms with Crippen LogP contribution in [0, 0.1) is 20.8 Å². The highest BCUT2D eigenvalue weighted by Gasteiger charge is 2.43. The summed E-state index contributed by atoms with van der Waals surface area (Å²) >= 11 is 0. The molecular weight excluding hydrogens is 266 g/mol. The molecule has 2 bridgehead atoms. The number of benzene rings is 2. The number of anilines is 1. The summed E-state index contributed by atoms with van der Waals surface area (Å²) in [5.41, 5.74) is 8.86. The molecule has 22 heavy (non-hydrogen) atoms.